The van der Waals surface area contributed by atoms with E-state index in [1.165, 1.54) is 11.8 Å². The fourth-order valence-corrected chi connectivity index (χ4v) is 2.94. The maximum absolute atomic E-state index is 12.4. The van der Waals surface area contributed by atoms with Gasteiger partial charge in [0.25, 0.3) is 11.5 Å². The summed E-state index contributed by atoms with van der Waals surface area (Å²) in [6.45, 7) is 4.29. The third-order valence-corrected chi connectivity index (χ3v) is 4.28. The van der Waals surface area contributed by atoms with E-state index >= 15 is 0 Å². The summed E-state index contributed by atoms with van der Waals surface area (Å²) in [6.07, 6.45) is 7.37. The number of nitrogens with one attached hydrogen (secondary N) is 1. The van der Waals surface area contributed by atoms with Crippen LogP contribution < -0.4 is 5.56 Å². The second-order valence-corrected chi connectivity index (χ2v) is 5.61. The largest absolute Gasteiger partial charge is 0.338 e. The average molecular weight is 300 g/mol. The van der Waals surface area contributed by atoms with Crippen LogP contribution in [-0.2, 0) is 6.54 Å². The predicted molar refractivity (Wildman–Crippen MR) is 82.8 cm³/mol. The molecule has 22 heavy (non-hydrogen) atoms. The number of aryl methyl sites for hydroxylation is 1. The van der Waals surface area contributed by atoms with Gasteiger partial charge in [-0.15, -0.1) is 0 Å². The smallest absolute Gasteiger partial charge is 0.260 e. The monoisotopic (exact) mass is 300 g/mol. The lowest BCUT2D eigenvalue weighted by molar-refractivity contribution is 0.0711. The Labute approximate surface area is 128 Å². The number of aromatic nitrogens is 3. The van der Waals surface area contributed by atoms with Crippen LogP contribution in [0.25, 0.3) is 0 Å². The van der Waals surface area contributed by atoms with Crippen LogP contribution in [0.5, 0.6) is 0 Å². The summed E-state index contributed by atoms with van der Waals surface area (Å²) in [6, 6.07) is 3.26. The van der Waals surface area contributed by atoms with Crippen LogP contribution in [0, 0.1) is 0 Å². The van der Waals surface area contributed by atoms with Gasteiger partial charge in [0.15, 0.2) is 0 Å². The summed E-state index contributed by atoms with van der Waals surface area (Å²) in [5.74, 6) is 0.267. The van der Waals surface area contributed by atoms with Crippen molar-refractivity contribution >= 4 is 5.91 Å². The Bertz CT molecular complexity index is 711. The lowest BCUT2D eigenvalue weighted by Crippen LogP contribution is -2.40. The molecule has 2 aromatic rings. The van der Waals surface area contributed by atoms with Gasteiger partial charge in [-0.3, -0.25) is 14.3 Å². The Morgan fingerprint density at radius 2 is 2.18 bits per heavy atom. The SMILES string of the molecule is CCn1cc(C2CCN(C(=O)c3ccc[nH]c3=O)CC2)cn1. The zero-order valence-electron chi connectivity index (χ0n) is 12.7. The van der Waals surface area contributed by atoms with Crippen molar-refractivity contribution < 1.29 is 4.79 Å². The molecule has 1 fully saturated rings. The van der Waals surface area contributed by atoms with Crippen LogP contribution >= 0.6 is 0 Å². The molecule has 0 unspecified atom stereocenters. The van der Waals surface area contributed by atoms with E-state index in [4.69, 9.17) is 0 Å². The van der Waals surface area contributed by atoms with Crippen molar-refractivity contribution in [1.82, 2.24) is 19.7 Å². The number of piperidine rings is 1. The van der Waals surface area contributed by atoms with E-state index in [1.54, 1.807) is 17.0 Å². The van der Waals surface area contributed by atoms with Gasteiger partial charge in [-0.05, 0) is 43.4 Å². The summed E-state index contributed by atoms with van der Waals surface area (Å²) < 4.78 is 1.93. The molecule has 1 N–H and O–H groups in total. The maximum Gasteiger partial charge on any atom is 0.260 e. The number of hydrogen-bond acceptors (Lipinski definition) is 3. The van der Waals surface area contributed by atoms with Crippen LogP contribution in [0.15, 0.2) is 35.5 Å². The number of amides is 1. The number of aromatic amines is 1. The van der Waals surface area contributed by atoms with Crippen molar-refractivity contribution in [3.8, 4) is 0 Å². The number of likely N-dealkylation sites (tertiary alicyclic amines) is 1. The fraction of sp³-hybridized carbons (Fsp3) is 0.438. The summed E-state index contributed by atoms with van der Waals surface area (Å²) in [7, 11) is 0. The minimum atomic E-state index is -0.321. The van der Waals surface area contributed by atoms with Crippen molar-refractivity contribution in [3.05, 3.63) is 52.2 Å². The normalized spacial score (nSPS) is 16.0. The lowest BCUT2D eigenvalue weighted by atomic mass is 9.91. The molecule has 116 valence electrons. The van der Waals surface area contributed by atoms with Crippen molar-refractivity contribution in [1.29, 1.82) is 0 Å². The second kappa shape index (κ2) is 6.17. The number of pyridine rings is 1. The van der Waals surface area contributed by atoms with Crippen molar-refractivity contribution in [2.75, 3.05) is 13.1 Å². The number of rotatable bonds is 3. The molecule has 3 heterocycles. The Hall–Kier alpha value is -2.37. The topological polar surface area (TPSA) is 71.0 Å². The highest BCUT2D eigenvalue weighted by molar-refractivity contribution is 5.93. The number of carbonyl (C=O) groups is 1. The van der Waals surface area contributed by atoms with E-state index in [-0.39, 0.29) is 17.0 Å². The molecule has 6 nitrogen and oxygen atoms in total. The Balaban J connectivity index is 1.65. The van der Waals surface area contributed by atoms with E-state index in [9.17, 15) is 9.59 Å². The van der Waals surface area contributed by atoms with Crippen LogP contribution in [-0.4, -0.2) is 38.7 Å². The molecule has 0 saturated carbocycles. The van der Waals surface area contributed by atoms with Gasteiger partial charge in [-0.2, -0.15) is 5.10 Å². The first-order chi connectivity index (χ1) is 10.7. The summed E-state index contributed by atoms with van der Waals surface area (Å²) in [5, 5.41) is 4.31. The minimum Gasteiger partial charge on any atom is -0.338 e. The molecule has 1 aliphatic heterocycles. The first kappa shape index (κ1) is 14.6. The first-order valence-corrected chi connectivity index (χ1v) is 7.68. The Morgan fingerprint density at radius 3 is 2.82 bits per heavy atom. The van der Waals surface area contributed by atoms with Gasteiger partial charge in [0, 0.05) is 32.0 Å². The zero-order chi connectivity index (χ0) is 15.5. The molecule has 3 rings (SSSR count). The lowest BCUT2D eigenvalue weighted by Gasteiger charge is -2.31. The van der Waals surface area contributed by atoms with Crippen LogP contribution in [0.4, 0.5) is 0 Å². The van der Waals surface area contributed by atoms with Crippen molar-refractivity contribution in [2.45, 2.75) is 32.2 Å². The first-order valence-electron chi connectivity index (χ1n) is 7.68. The standard InChI is InChI=1S/C16H20N4O2/c1-2-20-11-13(10-18-20)12-5-8-19(9-6-12)16(22)14-4-3-7-17-15(14)21/h3-4,7,10-12H,2,5-6,8-9H2,1H3,(H,17,21). The van der Waals surface area contributed by atoms with E-state index in [2.05, 4.69) is 23.2 Å². The van der Waals surface area contributed by atoms with Gasteiger partial charge < -0.3 is 9.88 Å². The molecule has 0 spiro atoms. The van der Waals surface area contributed by atoms with Crippen LogP contribution in [0.3, 0.4) is 0 Å². The molecule has 1 saturated heterocycles. The number of H-pyrrole nitrogens is 1. The molecule has 2 aromatic heterocycles. The predicted octanol–water partition coefficient (Wildman–Crippen LogP) is 1.61. The third kappa shape index (κ3) is 2.81. The van der Waals surface area contributed by atoms with Gasteiger partial charge in [0.2, 0.25) is 0 Å². The number of nitrogens with zero attached hydrogens (tertiary/aromatic N) is 3. The molecular weight excluding hydrogens is 280 g/mol. The molecule has 1 amide bonds. The maximum atomic E-state index is 12.4. The van der Waals surface area contributed by atoms with Gasteiger partial charge in [-0.25, -0.2) is 0 Å². The van der Waals surface area contributed by atoms with E-state index < -0.39 is 0 Å². The molecule has 0 aliphatic carbocycles. The summed E-state index contributed by atoms with van der Waals surface area (Å²) in [4.78, 5) is 28.4. The summed E-state index contributed by atoms with van der Waals surface area (Å²) in [5.41, 5.74) is 1.14. The zero-order valence-corrected chi connectivity index (χ0v) is 12.7. The molecule has 0 radical (unpaired) electrons. The van der Waals surface area contributed by atoms with Crippen LogP contribution in [0.2, 0.25) is 0 Å². The minimum absolute atomic E-state index is 0.176. The Kier molecular flexibility index (Phi) is 4.09. The highest BCUT2D eigenvalue weighted by atomic mass is 16.2. The van der Waals surface area contributed by atoms with Crippen LogP contribution in [0.1, 0.15) is 41.6 Å². The molecule has 0 bridgehead atoms. The Morgan fingerprint density at radius 1 is 1.41 bits per heavy atom. The van der Waals surface area contributed by atoms with Gasteiger partial charge in [0.1, 0.15) is 5.56 Å². The average Bonchev–Trinajstić information content (AvgIpc) is 3.04. The van der Waals surface area contributed by atoms with Gasteiger partial charge >= 0.3 is 0 Å². The van der Waals surface area contributed by atoms with Gasteiger partial charge in [0.05, 0.1) is 6.20 Å². The number of carbonyl (C=O) groups excluding carboxylic acids is 1. The third-order valence-electron chi connectivity index (χ3n) is 4.28. The fourth-order valence-electron chi connectivity index (χ4n) is 2.94. The number of hydrogen-bond donors (Lipinski definition) is 1. The second-order valence-electron chi connectivity index (χ2n) is 5.61. The van der Waals surface area contributed by atoms with E-state index in [0.717, 1.165) is 19.4 Å². The molecule has 0 aromatic carbocycles. The van der Waals surface area contributed by atoms with Gasteiger partial charge in [-0.1, -0.05) is 0 Å². The quantitative estimate of drug-likeness (QED) is 0.936. The molecule has 6 heteroatoms. The molecule has 1 aliphatic rings. The highest BCUT2D eigenvalue weighted by Gasteiger charge is 2.26. The van der Waals surface area contributed by atoms with E-state index in [1.807, 2.05) is 10.9 Å². The molecule has 0 atom stereocenters. The van der Waals surface area contributed by atoms with E-state index in [0.29, 0.717) is 19.0 Å². The molecular formula is C16H20N4O2. The highest BCUT2D eigenvalue weighted by Crippen LogP contribution is 2.28. The van der Waals surface area contributed by atoms with Crippen molar-refractivity contribution in [2.24, 2.45) is 0 Å². The van der Waals surface area contributed by atoms with Crippen molar-refractivity contribution in [3.63, 3.8) is 0 Å². The summed E-state index contributed by atoms with van der Waals surface area (Å²) >= 11 is 0.